The number of nitrogens with zero attached hydrogens (tertiary/aromatic N) is 3. The Morgan fingerprint density at radius 3 is 2.84 bits per heavy atom. The number of hydrogen-bond acceptors (Lipinski definition) is 4. The van der Waals surface area contributed by atoms with Gasteiger partial charge in [-0.05, 0) is 50.8 Å². The average Bonchev–Trinajstić information content (AvgIpc) is 3.30. The van der Waals surface area contributed by atoms with Crippen LogP contribution in [0.4, 0.5) is 5.69 Å². The molecule has 2 aromatic rings. The Bertz CT molecular complexity index is 835. The van der Waals surface area contributed by atoms with Gasteiger partial charge in [-0.2, -0.15) is 0 Å². The first-order valence-corrected chi connectivity index (χ1v) is 9.03. The van der Waals surface area contributed by atoms with Crippen LogP contribution in [0.5, 0.6) is 0 Å². The summed E-state index contributed by atoms with van der Waals surface area (Å²) in [4.78, 5) is 15.0. The monoisotopic (exact) mass is 337 g/mol. The van der Waals surface area contributed by atoms with Crippen LogP contribution in [-0.2, 0) is 0 Å². The summed E-state index contributed by atoms with van der Waals surface area (Å²) in [6, 6.07) is 2.11. The van der Waals surface area contributed by atoms with Gasteiger partial charge in [0.25, 0.3) is 0 Å². The number of H-pyrrole nitrogens is 1. The zero-order chi connectivity index (χ0) is 17.8. The first-order valence-electron chi connectivity index (χ1n) is 9.03. The molecule has 0 atom stereocenters. The first kappa shape index (κ1) is 17.3. The SMILES string of the molecule is C/C=C\C(=N/C(N)=C(C)CC)c1c[nH]c2nccc(N3CCCC3)c12. The van der Waals surface area contributed by atoms with E-state index < -0.39 is 0 Å². The quantitative estimate of drug-likeness (QED) is 0.806. The Morgan fingerprint density at radius 2 is 2.16 bits per heavy atom. The Hall–Kier alpha value is -2.56. The number of nitrogens with two attached hydrogens (primary N) is 1. The minimum Gasteiger partial charge on any atom is -0.384 e. The highest BCUT2D eigenvalue weighted by molar-refractivity contribution is 6.18. The maximum absolute atomic E-state index is 6.19. The van der Waals surface area contributed by atoms with E-state index in [1.807, 2.05) is 38.4 Å². The Labute approximate surface area is 149 Å². The fourth-order valence-electron chi connectivity index (χ4n) is 3.21. The number of allylic oxidation sites excluding steroid dienone is 3. The van der Waals surface area contributed by atoms with Crippen molar-refractivity contribution in [1.82, 2.24) is 9.97 Å². The molecule has 0 aliphatic carbocycles. The van der Waals surface area contributed by atoms with Crippen LogP contribution in [0.15, 0.2) is 47.0 Å². The molecule has 2 aromatic heterocycles. The summed E-state index contributed by atoms with van der Waals surface area (Å²) in [6.07, 6.45) is 11.3. The predicted octanol–water partition coefficient (Wildman–Crippen LogP) is 4.13. The van der Waals surface area contributed by atoms with Crippen LogP contribution in [0.2, 0.25) is 0 Å². The molecule has 5 nitrogen and oxygen atoms in total. The van der Waals surface area contributed by atoms with E-state index in [1.54, 1.807) is 0 Å². The largest absolute Gasteiger partial charge is 0.384 e. The highest BCUT2D eigenvalue weighted by Crippen LogP contribution is 2.31. The average molecular weight is 337 g/mol. The maximum Gasteiger partial charge on any atom is 0.140 e. The van der Waals surface area contributed by atoms with Gasteiger partial charge in [0, 0.05) is 36.7 Å². The van der Waals surface area contributed by atoms with Crippen LogP contribution >= 0.6 is 0 Å². The zero-order valence-corrected chi connectivity index (χ0v) is 15.3. The molecule has 0 bridgehead atoms. The Kier molecular flexibility index (Phi) is 5.22. The molecule has 1 saturated heterocycles. The van der Waals surface area contributed by atoms with Gasteiger partial charge in [0.1, 0.15) is 11.5 Å². The van der Waals surface area contributed by atoms with E-state index in [1.165, 1.54) is 18.5 Å². The van der Waals surface area contributed by atoms with Crippen LogP contribution in [0.25, 0.3) is 11.0 Å². The molecule has 3 rings (SSSR count). The third kappa shape index (κ3) is 3.45. The minimum absolute atomic E-state index is 0.594. The number of aromatic nitrogens is 2. The van der Waals surface area contributed by atoms with Gasteiger partial charge in [-0.1, -0.05) is 13.0 Å². The van der Waals surface area contributed by atoms with Crippen molar-refractivity contribution in [3.8, 4) is 0 Å². The standard InChI is InChI=1S/C20H27N5/c1-4-8-16(24-19(21)14(3)5-2)15-13-23-20-18(15)17(9-10-22-20)25-11-6-7-12-25/h4,8-10,13H,5-7,11-12,21H2,1-3H3,(H,22,23)/b8-4-,19-14?,24-16+. The number of pyridine rings is 1. The molecule has 3 heterocycles. The minimum atomic E-state index is 0.594. The molecule has 1 aliphatic rings. The molecule has 0 saturated carbocycles. The van der Waals surface area contributed by atoms with Crippen LogP contribution in [0.3, 0.4) is 0 Å². The number of rotatable bonds is 5. The van der Waals surface area contributed by atoms with E-state index in [0.29, 0.717) is 5.82 Å². The van der Waals surface area contributed by atoms with Gasteiger partial charge < -0.3 is 15.6 Å². The highest BCUT2D eigenvalue weighted by atomic mass is 15.1. The van der Waals surface area contributed by atoms with Gasteiger partial charge in [0.2, 0.25) is 0 Å². The number of hydrogen-bond donors (Lipinski definition) is 2. The van der Waals surface area contributed by atoms with Crippen molar-refractivity contribution in [1.29, 1.82) is 0 Å². The zero-order valence-electron chi connectivity index (χ0n) is 15.3. The lowest BCUT2D eigenvalue weighted by Gasteiger charge is -2.19. The van der Waals surface area contributed by atoms with Crippen LogP contribution in [-0.4, -0.2) is 28.8 Å². The summed E-state index contributed by atoms with van der Waals surface area (Å²) < 4.78 is 0. The molecule has 1 fully saturated rings. The molecule has 0 radical (unpaired) electrons. The van der Waals surface area contributed by atoms with E-state index in [-0.39, 0.29) is 0 Å². The molecular formula is C20H27N5. The summed E-state index contributed by atoms with van der Waals surface area (Å²) in [6.45, 7) is 8.30. The topological polar surface area (TPSA) is 70.3 Å². The van der Waals surface area contributed by atoms with E-state index in [9.17, 15) is 0 Å². The first-order chi connectivity index (χ1) is 12.2. The number of nitrogens with one attached hydrogen (secondary N) is 1. The second-order valence-corrected chi connectivity index (χ2v) is 6.47. The molecule has 132 valence electrons. The van der Waals surface area contributed by atoms with Crippen molar-refractivity contribution in [2.24, 2.45) is 10.7 Å². The molecular weight excluding hydrogens is 310 g/mol. The maximum atomic E-state index is 6.19. The van der Waals surface area contributed by atoms with Crippen molar-refractivity contribution in [3.05, 3.63) is 47.6 Å². The number of aromatic amines is 1. The van der Waals surface area contributed by atoms with Crippen molar-refractivity contribution in [3.63, 3.8) is 0 Å². The number of anilines is 1. The molecule has 0 amide bonds. The lowest BCUT2D eigenvalue weighted by molar-refractivity contribution is 0.949. The molecule has 3 N–H and O–H groups in total. The number of fused-ring (bicyclic) bond motifs is 1. The summed E-state index contributed by atoms with van der Waals surface area (Å²) in [5.41, 5.74) is 11.3. The summed E-state index contributed by atoms with van der Waals surface area (Å²) in [5.74, 6) is 0.594. The van der Waals surface area contributed by atoms with Gasteiger partial charge in [-0.25, -0.2) is 9.98 Å². The predicted molar refractivity (Wildman–Crippen MR) is 106 cm³/mol. The van der Waals surface area contributed by atoms with Crippen molar-refractivity contribution in [2.75, 3.05) is 18.0 Å². The third-order valence-corrected chi connectivity index (χ3v) is 4.81. The van der Waals surface area contributed by atoms with Crippen molar-refractivity contribution in [2.45, 2.75) is 40.0 Å². The third-order valence-electron chi connectivity index (χ3n) is 4.81. The van der Waals surface area contributed by atoms with Gasteiger partial charge >= 0.3 is 0 Å². The fourth-order valence-corrected chi connectivity index (χ4v) is 3.21. The molecule has 0 aromatic carbocycles. The lowest BCUT2D eigenvalue weighted by Crippen LogP contribution is -2.18. The smallest absolute Gasteiger partial charge is 0.140 e. The summed E-state index contributed by atoms with van der Waals surface area (Å²) >= 11 is 0. The molecule has 5 heteroatoms. The summed E-state index contributed by atoms with van der Waals surface area (Å²) in [7, 11) is 0. The van der Waals surface area contributed by atoms with Gasteiger partial charge in [-0.15, -0.1) is 0 Å². The lowest BCUT2D eigenvalue weighted by atomic mass is 10.1. The van der Waals surface area contributed by atoms with E-state index in [2.05, 4.69) is 27.9 Å². The normalized spacial score (nSPS) is 16.9. The Balaban J connectivity index is 2.17. The van der Waals surface area contributed by atoms with Crippen LogP contribution in [0, 0.1) is 0 Å². The van der Waals surface area contributed by atoms with Crippen molar-refractivity contribution < 1.29 is 0 Å². The van der Waals surface area contributed by atoms with Gasteiger partial charge in [0.15, 0.2) is 0 Å². The fraction of sp³-hybridized carbons (Fsp3) is 0.400. The second kappa shape index (κ2) is 7.55. The highest BCUT2D eigenvalue weighted by Gasteiger charge is 2.19. The van der Waals surface area contributed by atoms with Gasteiger partial charge in [-0.3, -0.25) is 0 Å². The summed E-state index contributed by atoms with van der Waals surface area (Å²) in [5, 5.41) is 1.13. The molecule has 25 heavy (non-hydrogen) atoms. The van der Waals surface area contributed by atoms with E-state index in [0.717, 1.165) is 47.4 Å². The second-order valence-electron chi connectivity index (χ2n) is 6.47. The van der Waals surface area contributed by atoms with Gasteiger partial charge in [0.05, 0.1) is 11.1 Å². The van der Waals surface area contributed by atoms with E-state index >= 15 is 0 Å². The van der Waals surface area contributed by atoms with Crippen LogP contribution in [0.1, 0.15) is 45.6 Å². The molecule has 0 spiro atoms. The van der Waals surface area contributed by atoms with E-state index in [4.69, 9.17) is 10.7 Å². The van der Waals surface area contributed by atoms with Crippen LogP contribution < -0.4 is 10.6 Å². The number of aliphatic imine (C=N–C) groups is 1. The van der Waals surface area contributed by atoms with Crippen molar-refractivity contribution >= 4 is 22.4 Å². The molecule has 1 aliphatic heterocycles. The molecule has 0 unspecified atom stereocenters. The Morgan fingerprint density at radius 1 is 1.40 bits per heavy atom.